The average molecular weight is 191 g/mol. The smallest absolute Gasteiger partial charge is 0.180 e. The van der Waals surface area contributed by atoms with Gasteiger partial charge in [-0.15, -0.1) is 0 Å². The highest BCUT2D eigenvalue weighted by molar-refractivity contribution is 5.55. The van der Waals surface area contributed by atoms with Gasteiger partial charge in [-0.1, -0.05) is 24.3 Å². The number of rotatable bonds is 1. The van der Waals surface area contributed by atoms with Gasteiger partial charge >= 0.3 is 0 Å². The summed E-state index contributed by atoms with van der Waals surface area (Å²) in [7, 11) is 0. The second kappa shape index (κ2) is 3.44. The normalized spacial score (nSPS) is 14.5. The zero-order valence-electron chi connectivity index (χ0n) is 7.77. The molecule has 0 radical (unpaired) electrons. The molecule has 2 rings (SSSR count). The minimum Gasteiger partial charge on any atom is -0.398 e. The third-order valence-electron chi connectivity index (χ3n) is 2.51. The van der Waals surface area contributed by atoms with Gasteiger partial charge in [0.1, 0.15) is 0 Å². The maximum absolute atomic E-state index is 9.06. The van der Waals surface area contributed by atoms with E-state index in [0.717, 1.165) is 23.3 Å². The zero-order chi connectivity index (χ0) is 10.1. The van der Waals surface area contributed by atoms with E-state index < -0.39 is 6.29 Å². The summed E-state index contributed by atoms with van der Waals surface area (Å²) in [5, 5.41) is 20.1. The van der Waals surface area contributed by atoms with Crippen LogP contribution in [0.4, 0.5) is 5.69 Å². The predicted molar refractivity (Wildman–Crippen MR) is 55.4 cm³/mol. The Labute approximate surface area is 81.8 Å². The number of benzene rings is 1. The Bertz CT molecular complexity index is 463. The molecule has 0 amide bonds. The van der Waals surface area contributed by atoms with Crippen molar-refractivity contribution in [3.8, 4) is 0 Å². The van der Waals surface area contributed by atoms with Crippen molar-refractivity contribution in [2.45, 2.75) is 19.1 Å². The molecule has 0 saturated carbocycles. The van der Waals surface area contributed by atoms with Gasteiger partial charge in [0.15, 0.2) is 6.29 Å². The van der Waals surface area contributed by atoms with Crippen LogP contribution in [-0.4, -0.2) is 10.2 Å². The lowest BCUT2D eigenvalue weighted by molar-refractivity contribution is -0.0419. The van der Waals surface area contributed by atoms with Crippen LogP contribution in [-0.2, 0) is 0 Å². The van der Waals surface area contributed by atoms with Crippen molar-refractivity contribution >= 4 is 17.8 Å². The lowest BCUT2D eigenvalue weighted by Crippen LogP contribution is -2.31. The van der Waals surface area contributed by atoms with Crippen LogP contribution in [0.5, 0.6) is 0 Å². The first-order chi connectivity index (χ1) is 6.70. The lowest BCUT2D eigenvalue weighted by Gasteiger charge is -2.10. The molecule has 0 spiro atoms. The predicted octanol–water partition coefficient (Wildman–Crippen LogP) is -0.393. The number of hydrogen-bond acceptors (Lipinski definition) is 3. The van der Waals surface area contributed by atoms with Crippen molar-refractivity contribution in [2.75, 3.05) is 5.73 Å². The molecule has 0 unspecified atom stereocenters. The van der Waals surface area contributed by atoms with E-state index in [2.05, 4.69) is 6.08 Å². The fourth-order valence-electron chi connectivity index (χ4n) is 1.77. The molecule has 0 atom stereocenters. The van der Waals surface area contributed by atoms with Crippen LogP contribution in [0.2, 0.25) is 0 Å². The molecule has 4 N–H and O–H groups in total. The molecule has 14 heavy (non-hydrogen) atoms. The van der Waals surface area contributed by atoms with Gasteiger partial charge in [-0.25, -0.2) is 0 Å². The maximum atomic E-state index is 9.06. The average Bonchev–Trinajstić information content (AvgIpc) is 2.18. The lowest BCUT2D eigenvalue weighted by atomic mass is 10.0. The molecular weight excluding hydrogens is 178 g/mol. The Morgan fingerprint density at radius 1 is 1.14 bits per heavy atom. The van der Waals surface area contributed by atoms with Gasteiger partial charge in [-0.2, -0.15) is 0 Å². The van der Waals surface area contributed by atoms with Gasteiger partial charge in [-0.05, 0) is 18.1 Å². The highest BCUT2D eigenvalue weighted by Gasteiger charge is 2.08. The second-order valence-electron chi connectivity index (χ2n) is 3.43. The quantitative estimate of drug-likeness (QED) is 0.418. The molecule has 1 aliphatic carbocycles. The topological polar surface area (TPSA) is 66.5 Å². The molecule has 0 aromatic heterocycles. The Balaban J connectivity index is 2.74. The van der Waals surface area contributed by atoms with Gasteiger partial charge in [-0.3, -0.25) is 0 Å². The van der Waals surface area contributed by atoms with Crippen molar-refractivity contribution in [3.05, 3.63) is 28.1 Å². The largest absolute Gasteiger partial charge is 0.398 e. The number of fused-ring (bicyclic) bond motifs is 1. The van der Waals surface area contributed by atoms with Crippen molar-refractivity contribution in [1.29, 1.82) is 0 Å². The molecule has 0 fully saturated rings. The van der Waals surface area contributed by atoms with Crippen LogP contribution in [0.15, 0.2) is 12.1 Å². The number of aliphatic hydroxyl groups excluding tert-OH is 1. The van der Waals surface area contributed by atoms with E-state index in [1.54, 1.807) is 6.07 Å². The molecule has 1 aromatic carbocycles. The van der Waals surface area contributed by atoms with Gasteiger partial charge < -0.3 is 15.9 Å². The van der Waals surface area contributed by atoms with Crippen LogP contribution >= 0.6 is 0 Å². The molecule has 1 aromatic rings. The van der Waals surface area contributed by atoms with E-state index in [-0.39, 0.29) is 0 Å². The van der Waals surface area contributed by atoms with E-state index in [1.165, 1.54) is 0 Å². The molecule has 74 valence electrons. The molecule has 3 nitrogen and oxygen atoms in total. The van der Waals surface area contributed by atoms with Crippen molar-refractivity contribution in [1.82, 2.24) is 0 Å². The maximum Gasteiger partial charge on any atom is 0.180 e. The summed E-state index contributed by atoms with van der Waals surface area (Å²) in [6.45, 7) is 0. The molecule has 1 aliphatic rings. The summed E-state index contributed by atoms with van der Waals surface area (Å²) in [6.07, 6.45) is 4.64. The summed E-state index contributed by atoms with van der Waals surface area (Å²) < 4.78 is 0. The van der Waals surface area contributed by atoms with Crippen LogP contribution in [0.25, 0.3) is 12.2 Å². The number of nitrogens with two attached hydrogens (primary N) is 1. The third kappa shape index (κ3) is 1.41. The molecule has 0 aliphatic heterocycles. The highest BCUT2D eigenvalue weighted by atomic mass is 16.5. The summed E-state index contributed by atoms with van der Waals surface area (Å²) in [4.78, 5) is 0. The van der Waals surface area contributed by atoms with Crippen molar-refractivity contribution in [2.24, 2.45) is 0 Å². The van der Waals surface area contributed by atoms with Gasteiger partial charge in [0.05, 0.1) is 0 Å². The zero-order valence-corrected chi connectivity index (χ0v) is 7.77. The first-order valence-electron chi connectivity index (χ1n) is 4.65. The van der Waals surface area contributed by atoms with E-state index >= 15 is 0 Å². The molecule has 0 bridgehead atoms. The Kier molecular flexibility index (Phi) is 2.27. The molecule has 0 saturated heterocycles. The van der Waals surface area contributed by atoms with E-state index in [4.69, 9.17) is 15.9 Å². The van der Waals surface area contributed by atoms with E-state index in [1.807, 2.05) is 12.1 Å². The van der Waals surface area contributed by atoms with Gasteiger partial charge in [0.25, 0.3) is 0 Å². The Morgan fingerprint density at radius 2 is 1.86 bits per heavy atom. The Morgan fingerprint density at radius 3 is 2.57 bits per heavy atom. The number of aliphatic hydroxyl groups is 2. The summed E-state index contributed by atoms with van der Waals surface area (Å²) in [6, 6.07) is 3.53. The first-order valence-corrected chi connectivity index (χ1v) is 4.65. The second-order valence-corrected chi connectivity index (χ2v) is 3.43. The highest BCUT2D eigenvalue weighted by Crippen LogP contribution is 2.13. The number of anilines is 1. The number of nitrogen functional groups attached to an aromatic ring is 1. The van der Waals surface area contributed by atoms with Crippen LogP contribution in [0.3, 0.4) is 0 Å². The summed E-state index contributed by atoms with van der Waals surface area (Å²) in [5.41, 5.74) is 6.70. The molecule has 3 heteroatoms. The van der Waals surface area contributed by atoms with Gasteiger partial charge in [0.2, 0.25) is 0 Å². The summed E-state index contributed by atoms with van der Waals surface area (Å²) >= 11 is 0. The van der Waals surface area contributed by atoms with Crippen molar-refractivity contribution in [3.63, 3.8) is 0 Å². The number of hydrogen-bond donors (Lipinski definition) is 3. The monoisotopic (exact) mass is 191 g/mol. The van der Waals surface area contributed by atoms with Crippen LogP contribution in [0.1, 0.15) is 24.7 Å². The molecular formula is C11H13NO2. The van der Waals surface area contributed by atoms with Gasteiger partial charge in [0, 0.05) is 16.5 Å². The Hall–Kier alpha value is -1.32. The molecule has 0 heterocycles. The fraction of sp³-hybridized carbons (Fsp3) is 0.273. The van der Waals surface area contributed by atoms with Crippen LogP contribution in [0, 0.1) is 0 Å². The van der Waals surface area contributed by atoms with Crippen molar-refractivity contribution < 1.29 is 10.2 Å². The first kappa shape index (κ1) is 9.24. The minimum absolute atomic E-state index is 0.385. The van der Waals surface area contributed by atoms with E-state index in [0.29, 0.717) is 11.3 Å². The standard InChI is InChI=1S/C11H13NO2/c12-10-8-4-2-1-3-7(8)5-6-9(10)11(13)14/h3-6,11,13-14H,1-2,12H2. The fourth-order valence-corrected chi connectivity index (χ4v) is 1.77. The van der Waals surface area contributed by atoms with Crippen LogP contribution < -0.4 is 16.2 Å². The minimum atomic E-state index is -1.49. The summed E-state index contributed by atoms with van der Waals surface area (Å²) in [5.74, 6) is 0. The third-order valence-corrected chi connectivity index (χ3v) is 2.51. The SMILES string of the molecule is Nc1c(C(O)O)ccc2c1=CCCC=2. The van der Waals surface area contributed by atoms with E-state index in [9.17, 15) is 0 Å².